The van der Waals surface area contributed by atoms with Gasteiger partial charge in [-0.05, 0) is 49.3 Å². The minimum Gasteiger partial charge on any atom is -0.385 e. The summed E-state index contributed by atoms with van der Waals surface area (Å²) < 4.78 is 5.25. The molecule has 0 radical (unpaired) electrons. The molecule has 0 aromatic heterocycles. The van der Waals surface area contributed by atoms with Crippen molar-refractivity contribution in [2.24, 2.45) is 10.4 Å². The van der Waals surface area contributed by atoms with Crippen molar-refractivity contribution < 1.29 is 9.53 Å². The summed E-state index contributed by atoms with van der Waals surface area (Å²) in [5.74, 6) is 0.771. The summed E-state index contributed by atoms with van der Waals surface area (Å²) in [7, 11) is 3.55. The summed E-state index contributed by atoms with van der Waals surface area (Å²) >= 11 is 0. The molecule has 2 rings (SSSR count). The van der Waals surface area contributed by atoms with E-state index in [9.17, 15) is 4.79 Å². The van der Waals surface area contributed by atoms with Crippen LogP contribution in [0.15, 0.2) is 29.3 Å². The molecule has 1 saturated carbocycles. The maximum atomic E-state index is 11.8. The minimum absolute atomic E-state index is 0.0358. The number of hydrogen-bond donors (Lipinski definition) is 3. The van der Waals surface area contributed by atoms with Gasteiger partial charge in [0.05, 0.1) is 0 Å². The Morgan fingerprint density at radius 2 is 1.92 bits per heavy atom. The van der Waals surface area contributed by atoms with E-state index in [0.29, 0.717) is 24.1 Å². The van der Waals surface area contributed by atoms with E-state index >= 15 is 0 Å². The first-order chi connectivity index (χ1) is 12.6. The molecule has 0 saturated heterocycles. The van der Waals surface area contributed by atoms with Crippen LogP contribution in [0, 0.1) is 5.41 Å². The Morgan fingerprint density at radius 3 is 2.46 bits per heavy atom. The lowest BCUT2D eigenvalue weighted by atomic mass is 9.67. The van der Waals surface area contributed by atoms with Crippen LogP contribution in [-0.2, 0) is 11.3 Å². The van der Waals surface area contributed by atoms with Crippen LogP contribution in [-0.4, -0.2) is 45.7 Å². The maximum Gasteiger partial charge on any atom is 0.251 e. The summed E-state index contributed by atoms with van der Waals surface area (Å²) in [6.07, 6.45) is 4.90. The van der Waals surface area contributed by atoms with Crippen molar-refractivity contribution in [2.45, 2.75) is 39.2 Å². The Balaban J connectivity index is 1.80. The molecule has 0 atom stereocenters. The van der Waals surface area contributed by atoms with E-state index in [1.54, 1.807) is 14.2 Å². The van der Waals surface area contributed by atoms with Crippen LogP contribution in [0.4, 0.5) is 0 Å². The Morgan fingerprint density at radius 1 is 1.19 bits per heavy atom. The Kier molecular flexibility index (Phi) is 7.91. The van der Waals surface area contributed by atoms with Gasteiger partial charge in [0.2, 0.25) is 0 Å². The number of hydrogen-bond acceptors (Lipinski definition) is 3. The lowest BCUT2D eigenvalue weighted by Crippen LogP contribution is -2.46. The van der Waals surface area contributed by atoms with Crippen LogP contribution in [0.2, 0.25) is 0 Å². The fourth-order valence-electron chi connectivity index (χ4n) is 3.22. The van der Waals surface area contributed by atoms with Gasteiger partial charge >= 0.3 is 0 Å². The summed E-state index contributed by atoms with van der Waals surface area (Å²) in [5.41, 5.74) is 2.14. The predicted molar refractivity (Wildman–Crippen MR) is 105 cm³/mol. The first-order valence-electron chi connectivity index (χ1n) is 9.43. The van der Waals surface area contributed by atoms with Crippen LogP contribution >= 0.6 is 0 Å². The highest BCUT2D eigenvalue weighted by molar-refractivity contribution is 5.94. The van der Waals surface area contributed by atoms with Gasteiger partial charge in [-0.2, -0.15) is 0 Å². The Hall–Kier alpha value is -2.08. The normalized spacial score (nSPS) is 15.9. The van der Waals surface area contributed by atoms with Gasteiger partial charge in [0.25, 0.3) is 5.91 Å². The van der Waals surface area contributed by atoms with Crippen LogP contribution < -0.4 is 16.0 Å². The number of guanidine groups is 1. The fourth-order valence-corrected chi connectivity index (χ4v) is 3.22. The molecule has 1 aliphatic carbocycles. The Bertz CT molecular complexity index is 594. The smallest absolute Gasteiger partial charge is 0.251 e. The number of methoxy groups -OCH3 is 1. The molecule has 0 bridgehead atoms. The second kappa shape index (κ2) is 10.2. The van der Waals surface area contributed by atoms with E-state index in [4.69, 9.17) is 4.74 Å². The number of carbonyl (C=O) groups is 1. The number of amides is 1. The van der Waals surface area contributed by atoms with Gasteiger partial charge in [-0.3, -0.25) is 9.79 Å². The molecular weight excluding hydrogens is 328 g/mol. The number of carbonyl (C=O) groups excluding carboxylic acids is 1. The monoisotopic (exact) mass is 360 g/mol. The maximum absolute atomic E-state index is 11.8. The Labute approximate surface area is 156 Å². The van der Waals surface area contributed by atoms with Gasteiger partial charge in [0, 0.05) is 46.0 Å². The third kappa shape index (κ3) is 5.73. The molecule has 3 N–H and O–H groups in total. The fraction of sp³-hybridized carbons (Fsp3) is 0.600. The molecule has 6 heteroatoms. The van der Waals surface area contributed by atoms with E-state index in [2.05, 4.69) is 20.9 Å². The number of nitrogens with zero attached hydrogens (tertiary/aromatic N) is 1. The quantitative estimate of drug-likeness (QED) is 0.467. The lowest BCUT2D eigenvalue weighted by Gasteiger charge is -2.42. The second-order valence-electron chi connectivity index (χ2n) is 6.93. The van der Waals surface area contributed by atoms with Crippen LogP contribution in [0.25, 0.3) is 0 Å². The minimum atomic E-state index is -0.0358. The SMILES string of the molecule is CCNC(=O)c1ccc(CNC(=NC)NCC2(CCOC)CCC2)cc1. The zero-order valence-corrected chi connectivity index (χ0v) is 16.2. The molecule has 1 aromatic carbocycles. The number of aliphatic imine (C=N–C) groups is 1. The molecule has 6 nitrogen and oxygen atoms in total. The molecule has 26 heavy (non-hydrogen) atoms. The van der Waals surface area contributed by atoms with Crippen molar-refractivity contribution >= 4 is 11.9 Å². The molecule has 0 unspecified atom stereocenters. The van der Waals surface area contributed by atoms with Crippen molar-refractivity contribution in [3.05, 3.63) is 35.4 Å². The van der Waals surface area contributed by atoms with Crippen molar-refractivity contribution in [1.82, 2.24) is 16.0 Å². The van der Waals surface area contributed by atoms with Gasteiger partial charge < -0.3 is 20.7 Å². The van der Waals surface area contributed by atoms with Crippen molar-refractivity contribution in [1.29, 1.82) is 0 Å². The largest absolute Gasteiger partial charge is 0.385 e. The van der Waals surface area contributed by atoms with Crippen molar-refractivity contribution in [3.63, 3.8) is 0 Å². The third-order valence-electron chi connectivity index (χ3n) is 5.12. The van der Waals surface area contributed by atoms with E-state index in [0.717, 1.165) is 31.1 Å². The van der Waals surface area contributed by atoms with E-state index in [-0.39, 0.29) is 5.91 Å². The first-order valence-corrected chi connectivity index (χ1v) is 9.43. The van der Waals surface area contributed by atoms with Crippen molar-refractivity contribution in [2.75, 3.05) is 33.9 Å². The second-order valence-corrected chi connectivity index (χ2v) is 6.93. The van der Waals surface area contributed by atoms with E-state index in [1.807, 2.05) is 31.2 Å². The third-order valence-corrected chi connectivity index (χ3v) is 5.12. The highest BCUT2D eigenvalue weighted by Crippen LogP contribution is 2.43. The highest BCUT2D eigenvalue weighted by Gasteiger charge is 2.36. The summed E-state index contributed by atoms with van der Waals surface area (Å²) in [6, 6.07) is 7.65. The highest BCUT2D eigenvalue weighted by atomic mass is 16.5. The molecule has 1 aromatic rings. The van der Waals surface area contributed by atoms with Gasteiger partial charge in [0.15, 0.2) is 5.96 Å². The van der Waals surface area contributed by atoms with Crippen LogP contribution in [0.1, 0.15) is 48.5 Å². The molecule has 1 amide bonds. The predicted octanol–water partition coefficient (Wildman–Crippen LogP) is 2.31. The van der Waals surface area contributed by atoms with E-state index < -0.39 is 0 Å². The van der Waals surface area contributed by atoms with Gasteiger partial charge in [-0.1, -0.05) is 18.6 Å². The standard InChI is InChI=1S/C20H32N4O2/c1-4-22-18(25)17-8-6-16(7-9-17)14-23-19(21-2)24-15-20(10-5-11-20)12-13-26-3/h6-9H,4-5,10-15H2,1-3H3,(H,22,25)(H2,21,23,24). The lowest BCUT2D eigenvalue weighted by molar-refractivity contribution is 0.0732. The molecule has 1 fully saturated rings. The van der Waals surface area contributed by atoms with Crippen LogP contribution in [0.5, 0.6) is 0 Å². The number of nitrogens with one attached hydrogen (secondary N) is 3. The van der Waals surface area contributed by atoms with Gasteiger partial charge in [0.1, 0.15) is 0 Å². The zero-order chi connectivity index (χ0) is 18.8. The average molecular weight is 361 g/mol. The molecule has 0 spiro atoms. The van der Waals surface area contributed by atoms with Gasteiger partial charge in [-0.25, -0.2) is 0 Å². The van der Waals surface area contributed by atoms with Crippen LogP contribution in [0.3, 0.4) is 0 Å². The first kappa shape index (κ1) is 20.2. The number of rotatable bonds is 9. The summed E-state index contributed by atoms with van der Waals surface area (Å²) in [6.45, 7) is 4.95. The molecule has 144 valence electrons. The summed E-state index contributed by atoms with van der Waals surface area (Å²) in [4.78, 5) is 16.1. The number of benzene rings is 1. The zero-order valence-electron chi connectivity index (χ0n) is 16.2. The molecule has 0 heterocycles. The molecular formula is C20H32N4O2. The topological polar surface area (TPSA) is 74.8 Å². The summed E-state index contributed by atoms with van der Waals surface area (Å²) in [5, 5.41) is 9.60. The van der Waals surface area contributed by atoms with Gasteiger partial charge in [-0.15, -0.1) is 0 Å². The van der Waals surface area contributed by atoms with E-state index in [1.165, 1.54) is 19.3 Å². The molecule has 0 aliphatic heterocycles. The van der Waals surface area contributed by atoms with Crippen molar-refractivity contribution in [3.8, 4) is 0 Å². The average Bonchev–Trinajstić information content (AvgIpc) is 2.63. The molecule has 1 aliphatic rings. The number of ether oxygens (including phenoxy) is 1.